The van der Waals surface area contributed by atoms with Crippen molar-refractivity contribution < 1.29 is 19.6 Å². The van der Waals surface area contributed by atoms with E-state index in [1.165, 1.54) is 19.6 Å². The third-order valence-corrected chi connectivity index (χ3v) is 3.91. The monoisotopic (exact) mass is 609 g/mol. The van der Waals surface area contributed by atoms with Gasteiger partial charge in [-0.3, -0.25) is 0 Å². The summed E-state index contributed by atoms with van der Waals surface area (Å²) in [6.45, 7) is 33.3. The van der Waals surface area contributed by atoms with Gasteiger partial charge in [0, 0.05) is 0 Å². The predicted octanol–water partition coefficient (Wildman–Crippen LogP) is 9.28. The van der Waals surface area contributed by atoms with Crippen LogP contribution in [0.3, 0.4) is 0 Å². The van der Waals surface area contributed by atoms with Crippen LogP contribution >= 0.6 is 0 Å². The van der Waals surface area contributed by atoms with Crippen LogP contribution < -0.4 is 0 Å². The van der Waals surface area contributed by atoms with E-state index in [-0.39, 0.29) is 11.1 Å². The molecule has 0 rings (SSSR count). The molecule has 0 aromatic heterocycles. The van der Waals surface area contributed by atoms with Crippen molar-refractivity contribution in [1.82, 2.24) is 0 Å². The molecule has 5 nitrogen and oxygen atoms in total. The fraction of sp³-hybridized carbons (Fsp3) is 0.920. The van der Waals surface area contributed by atoms with Gasteiger partial charge in [-0.25, -0.2) is 12.4 Å². The fourth-order valence-corrected chi connectivity index (χ4v) is 1.71. The van der Waals surface area contributed by atoms with Gasteiger partial charge >= 0.3 is 43.0 Å². The molecule has 0 amide bonds. The molecule has 0 aromatic rings. The fourth-order valence-electron chi connectivity index (χ4n) is 1.71. The van der Waals surface area contributed by atoms with Crippen LogP contribution in [-0.4, -0.2) is 41.3 Å². The maximum absolute atomic E-state index is 4.29. The Morgan fingerprint density at radius 1 is 0.548 bits per heavy atom. The van der Waals surface area contributed by atoms with Crippen molar-refractivity contribution in [3.05, 3.63) is 33.7 Å². The third-order valence-electron chi connectivity index (χ3n) is 2.39. The standard InChI is InChI=1S/C10H20N2.2C6H14N.C3H7N.W/c1-9(2,3)11-7-8-12-10(4,5)6;2*1-5(2)7-6(3)4;1-3(2)4;/h7-8H,1-6H3;2*5-6H,1-4H3;3H,1-2H3;/q-2;2*-1;;/b8-7-;;;;. The van der Waals surface area contributed by atoms with Crippen LogP contribution in [0.2, 0.25) is 0 Å². The molecule has 0 aliphatic carbocycles. The molecule has 0 bridgehead atoms. The average molecular weight is 610 g/mol. The van der Waals surface area contributed by atoms with Crippen LogP contribution in [0.25, 0.3) is 21.3 Å². The topological polar surface area (TPSA) is 68.8 Å². The van der Waals surface area contributed by atoms with E-state index in [4.69, 9.17) is 0 Å². The predicted molar refractivity (Wildman–Crippen MR) is 140 cm³/mol. The van der Waals surface area contributed by atoms with Crippen molar-refractivity contribution in [2.45, 2.75) is 152 Å². The van der Waals surface area contributed by atoms with Crippen LogP contribution in [0.5, 0.6) is 0 Å². The molecule has 0 fully saturated rings. The van der Waals surface area contributed by atoms with Gasteiger partial charge in [0.2, 0.25) is 0 Å². The second kappa shape index (κ2) is 21.6. The van der Waals surface area contributed by atoms with Gasteiger partial charge < -0.3 is 21.3 Å². The molecule has 0 aliphatic rings. The van der Waals surface area contributed by atoms with E-state index in [0.29, 0.717) is 30.2 Å². The Morgan fingerprint density at radius 3 is 0.806 bits per heavy atom. The number of rotatable bonds is 7. The molecule has 0 atom stereocenters. The first-order valence-electron chi connectivity index (χ1n) is 11.5. The average Bonchev–Trinajstić information content (AvgIpc) is 2.49. The minimum absolute atomic E-state index is 0.00387. The molecule has 0 aromatic carbocycles. The molecule has 0 N–H and O–H groups in total. The zero-order chi connectivity index (χ0) is 25.8. The van der Waals surface area contributed by atoms with E-state index < -0.39 is 0 Å². The quantitative estimate of drug-likeness (QED) is 0.276. The molecule has 6 heteroatoms. The summed E-state index contributed by atoms with van der Waals surface area (Å²) in [5.41, 5.74) is 0.00775. The normalized spacial score (nSPS) is 11.6. The van der Waals surface area contributed by atoms with E-state index in [1.54, 1.807) is 12.4 Å². The number of hydrogen-bond donors (Lipinski definition) is 0. The zero-order valence-electron chi connectivity index (χ0n) is 23.7. The first-order chi connectivity index (χ1) is 13.7. The summed E-state index contributed by atoms with van der Waals surface area (Å²) in [7, 11) is 0. The van der Waals surface area contributed by atoms with Gasteiger partial charge in [0.05, 0.1) is 0 Å². The molecule has 0 saturated heterocycles. The van der Waals surface area contributed by atoms with Crippen LogP contribution in [-0.2, 0) is 19.6 Å². The molecule has 0 unspecified atom stereocenters. The molecule has 0 aliphatic heterocycles. The number of hydrogen-bond acceptors (Lipinski definition) is 1. The molecule has 190 valence electrons. The van der Waals surface area contributed by atoms with Crippen LogP contribution in [0.4, 0.5) is 0 Å². The van der Waals surface area contributed by atoms with Crippen molar-refractivity contribution in [2.24, 2.45) is 3.50 Å². The Labute approximate surface area is 208 Å². The van der Waals surface area contributed by atoms with Gasteiger partial charge in [-0.1, -0.05) is 96.9 Å². The zero-order valence-corrected chi connectivity index (χ0v) is 26.6. The van der Waals surface area contributed by atoms with E-state index >= 15 is 0 Å². The summed E-state index contributed by atoms with van der Waals surface area (Å²) in [5.74, 6) is 0. The maximum atomic E-state index is 4.29. The number of nitrogens with zero attached hydrogens (tertiary/aromatic N) is 5. The first kappa shape index (κ1) is 38.0. The van der Waals surface area contributed by atoms with Crippen molar-refractivity contribution in [3.8, 4) is 0 Å². The minimum atomic E-state index is 0.00387. The Bertz CT molecular complexity index is 359. The molecule has 0 heterocycles. The van der Waals surface area contributed by atoms with Gasteiger partial charge in [-0.2, -0.15) is 0 Å². The summed E-state index contributed by atoms with van der Waals surface area (Å²) < 4.78 is 3.97. The van der Waals surface area contributed by atoms with Crippen LogP contribution in [0.1, 0.15) is 111 Å². The van der Waals surface area contributed by atoms with E-state index in [0.717, 1.165) is 0 Å². The van der Waals surface area contributed by atoms with Crippen molar-refractivity contribution in [3.63, 3.8) is 0 Å². The van der Waals surface area contributed by atoms with Crippen LogP contribution in [0.15, 0.2) is 15.9 Å². The van der Waals surface area contributed by atoms with E-state index in [9.17, 15) is 0 Å². The summed E-state index contributed by atoms with van der Waals surface area (Å²) in [5, 5.41) is 17.1. The molecule has 0 saturated carbocycles. The summed E-state index contributed by atoms with van der Waals surface area (Å²) in [6.07, 6.45) is 3.54. The molecular formula is C25H55N5W-4. The Balaban J connectivity index is -0.000000166. The van der Waals surface area contributed by atoms with Gasteiger partial charge in [0.15, 0.2) is 0 Å². The van der Waals surface area contributed by atoms with Crippen molar-refractivity contribution in [2.75, 3.05) is 0 Å². The Morgan fingerprint density at radius 2 is 0.742 bits per heavy atom. The molecule has 0 radical (unpaired) electrons. The first-order valence-corrected chi connectivity index (χ1v) is 12.9. The Kier molecular flexibility index (Phi) is 26.5. The summed E-state index contributed by atoms with van der Waals surface area (Å²) in [4.78, 5) is 0. The molecular weight excluding hydrogens is 554 g/mol. The van der Waals surface area contributed by atoms with Gasteiger partial charge in [-0.15, -0.1) is 35.2 Å². The van der Waals surface area contributed by atoms with E-state index in [2.05, 4.69) is 136 Å². The molecule has 31 heavy (non-hydrogen) atoms. The van der Waals surface area contributed by atoms with Gasteiger partial charge in [-0.05, 0) is 0 Å². The second-order valence-electron chi connectivity index (χ2n) is 10.8. The second-order valence-corrected chi connectivity index (χ2v) is 11.5. The van der Waals surface area contributed by atoms with Crippen molar-refractivity contribution in [1.29, 1.82) is 0 Å². The van der Waals surface area contributed by atoms with E-state index in [1.807, 2.05) is 0 Å². The van der Waals surface area contributed by atoms with Gasteiger partial charge in [0.25, 0.3) is 0 Å². The Hall–Kier alpha value is -0.252. The van der Waals surface area contributed by atoms with Gasteiger partial charge in [0.1, 0.15) is 0 Å². The SMILES string of the molecule is CC(C)(C)[N-]/C=C\[N-]C(C)(C)C.CC(C)[N-]C(C)C.CC(C)[N-]C(C)C.CC(C)[N]=[W]. The summed E-state index contributed by atoms with van der Waals surface area (Å²) >= 11 is 1.33. The summed E-state index contributed by atoms with van der Waals surface area (Å²) in [6, 6.07) is 2.55. The molecule has 0 spiro atoms. The van der Waals surface area contributed by atoms with Crippen LogP contribution in [0, 0.1) is 0 Å². The van der Waals surface area contributed by atoms with Crippen molar-refractivity contribution >= 4 is 0 Å². The third kappa shape index (κ3) is 65.2.